The van der Waals surface area contributed by atoms with Crippen molar-refractivity contribution in [3.63, 3.8) is 0 Å². The minimum Gasteiger partial charge on any atom is -0.396 e. The molecule has 13 heavy (non-hydrogen) atoms. The molecular formula is C9H16N2O2. The lowest BCUT2D eigenvalue weighted by molar-refractivity contribution is 0.130. The first kappa shape index (κ1) is 10.2. The van der Waals surface area contributed by atoms with E-state index >= 15 is 0 Å². The van der Waals surface area contributed by atoms with Crippen LogP contribution in [0.25, 0.3) is 0 Å². The van der Waals surface area contributed by atoms with Crippen LogP contribution >= 0.6 is 0 Å². The van der Waals surface area contributed by atoms with E-state index in [1.54, 1.807) is 0 Å². The fraction of sp³-hybridized carbons (Fsp3) is 0.667. The highest BCUT2D eigenvalue weighted by Crippen LogP contribution is 2.15. The van der Waals surface area contributed by atoms with Crippen LogP contribution in [0.5, 0.6) is 0 Å². The first-order valence-electron chi connectivity index (χ1n) is 4.52. The van der Waals surface area contributed by atoms with Gasteiger partial charge in [0.25, 0.3) is 0 Å². The van der Waals surface area contributed by atoms with Gasteiger partial charge in [0.1, 0.15) is 0 Å². The second-order valence-corrected chi connectivity index (χ2v) is 3.05. The van der Waals surface area contributed by atoms with E-state index in [1.165, 1.54) is 0 Å². The van der Waals surface area contributed by atoms with Gasteiger partial charge in [-0.2, -0.15) is 5.10 Å². The third-order valence-corrected chi connectivity index (χ3v) is 2.04. The molecule has 74 valence electrons. The van der Waals surface area contributed by atoms with E-state index in [9.17, 15) is 5.11 Å². The molecule has 1 aromatic rings. The minimum atomic E-state index is -0.642. The Morgan fingerprint density at radius 1 is 1.62 bits per heavy atom. The Morgan fingerprint density at radius 3 is 2.77 bits per heavy atom. The molecule has 4 nitrogen and oxygen atoms in total. The zero-order valence-electron chi connectivity index (χ0n) is 8.06. The molecule has 1 heterocycles. The summed E-state index contributed by atoms with van der Waals surface area (Å²) in [6.07, 6.45) is -0.295. The van der Waals surface area contributed by atoms with Gasteiger partial charge in [0.2, 0.25) is 0 Å². The molecule has 1 rings (SSSR count). The normalized spacial score (nSPS) is 13.2. The minimum absolute atomic E-state index is 0.0147. The van der Waals surface area contributed by atoms with Gasteiger partial charge in [-0.15, -0.1) is 0 Å². The third kappa shape index (κ3) is 2.29. The van der Waals surface area contributed by atoms with Crippen LogP contribution < -0.4 is 0 Å². The summed E-state index contributed by atoms with van der Waals surface area (Å²) < 4.78 is 1.83. The van der Waals surface area contributed by atoms with Crippen molar-refractivity contribution >= 4 is 0 Å². The summed E-state index contributed by atoms with van der Waals surface area (Å²) in [6, 6.07) is 1.85. The number of aryl methyl sites for hydroxylation is 2. The van der Waals surface area contributed by atoms with Gasteiger partial charge < -0.3 is 10.2 Å². The van der Waals surface area contributed by atoms with Gasteiger partial charge in [-0.25, -0.2) is 0 Å². The van der Waals surface area contributed by atoms with Crippen LogP contribution in [-0.4, -0.2) is 26.6 Å². The van der Waals surface area contributed by atoms with Crippen molar-refractivity contribution in [3.8, 4) is 0 Å². The standard InChI is InChI=1S/C9H16N2O2/c1-3-11-7(2)6-8(10-11)9(13)4-5-12/h6,9,12-13H,3-5H2,1-2H3/t9-/m0/s1. The summed E-state index contributed by atoms with van der Waals surface area (Å²) in [7, 11) is 0. The largest absolute Gasteiger partial charge is 0.396 e. The van der Waals surface area contributed by atoms with Crippen molar-refractivity contribution in [1.29, 1.82) is 0 Å². The highest BCUT2D eigenvalue weighted by atomic mass is 16.3. The number of aliphatic hydroxyl groups excluding tert-OH is 2. The number of hydrogen-bond acceptors (Lipinski definition) is 3. The van der Waals surface area contributed by atoms with Crippen LogP contribution in [0.1, 0.15) is 30.8 Å². The van der Waals surface area contributed by atoms with E-state index in [-0.39, 0.29) is 6.61 Å². The summed E-state index contributed by atoms with van der Waals surface area (Å²) in [5.41, 5.74) is 1.68. The second-order valence-electron chi connectivity index (χ2n) is 3.05. The average Bonchev–Trinajstić information content (AvgIpc) is 2.47. The van der Waals surface area contributed by atoms with Gasteiger partial charge in [0.15, 0.2) is 0 Å². The number of aromatic nitrogens is 2. The van der Waals surface area contributed by atoms with Crippen LogP contribution in [0.3, 0.4) is 0 Å². The molecule has 1 aromatic heterocycles. The fourth-order valence-electron chi connectivity index (χ4n) is 1.29. The Bertz CT molecular complexity index is 271. The number of hydrogen-bond donors (Lipinski definition) is 2. The molecule has 0 spiro atoms. The van der Waals surface area contributed by atoms with Crippen molar-refractivity contribution in [3.05, 3.63) is 17.5 Å². The average molecular weight is 184 g/mol. The van der Waals surface area contributed by atoms with E-state index in [0.717, 1.165) is 12.2 Å². The van der Waals surface area contributed by atoms with Crippen molar-refractivity contribution in [2.45, 2.75) is 32.9 Å². The number of rotatable bonds is 4. The molecule has 0 aliphatic carbocycles. The molecule has 0 radical (unpaired) electrons. The maximum Gasteiger partial charge on any atom is 0.1000 e. The van der Waals surface area contributed by atoms with E-state index in [0.29, 0.717) is 12.1 Å². The summed E-state index contributed by atoms with van der Waals surface area (Å²) in [6.45, 7) is 4.74. The van der Waals surface area contributed by atoms with Crippen molar-refractivity contribution in [2.24, 2.45) is 0 Å². The maximum atomic E-state index is 9.52. The Morgan fingerprint density at radius 2 is 2.31 bits per heavy atom. The van der Waals surface area contributed by atoms with Crippen molar-refractivity contribution < 1.29 is 10.2 Å². The molecule has 0 aliphatic rings. The lowest BCUT2D eigenvalue weighted by atomic mass is 10.2. The van der Waals surface area contributed by atoms with E-state index < -0.39 is 6.10 Å². The van der Waals surface area contributed by atoms with Crippen LogP contribution in [-0.2, 0) is 6.54 Å². The first-order valence-corrected chi connectivity index (χ1v) is 4.52. The Hall–Kier alpha value is -0.870. The molecular weight excluding hydrogens is 168 g/mol. The SMILES string of the molecule is CCn1nc([C@@H](O)CCO)cc1C. The summed E-state index contributed by atoms with van der Waals surface area (Å²) in [5, 5.41) is 22.4. The Balaban J connectivity index is 2.77. The topological polar surface area (TPSA) is 58.3 Å². The first-order chi connectivity index (χ1) is 6.19. The molecule has 0 aliphatic heterocycles. The number of aliphatic hydroxyl groups is 2. The monoisotopic (exact) mass is 184 g/mol. The number of nitrogens with zero attached hydrogens (tertiary/aromatic N) is 2. The zero-order chi connectivity index (χ0) is 9.84. The van der Waals surface area contributed by atoms with Crippen molar-refractivity contribution in [1.82, 2.24) is 9.78 Å². The molecule has 0 unspecified atom stereocenters. The van der Waals surface area contributed by atoms with E-state index in [2.05, 4.69) is 5.10 Å². The Kier molecular flexibility index (Phi) is 3.45. The van der Waals surface area contributed by atoms with Crippen LogP contribution in [0, 0.1) is 6.92 Å². The van der Waals surface area contributed by atoms with Crippen LogP contribution in [0.2, 0.25) is 0 Å². The molecule has 0 bridgehead atoms. The zero-order valence-corrected chi connectivity index (χ0v) is 8.06. The summed E-state index contributed by atoms with van der Waals surface area (Å²) in [5.74, 6) is 0. The Labute approximate surface area is 77.8 Å². The highest BCUT2D eigenvalue weighted by molar-refractivity contribution is 5.11. The molecule has 4 heteroatoms. The molecule has 0 saturated heterocycles. The van der Waals surface area contributed by atoms with E-state index in [1.807, 2.05) is 24.6 Å². The molecule has 1 atom stereocenters. The second kappa shape index (κ2) is 4.39. The highest BCUT2D eigenvalue weighted by Gasteiger charge is 2.11. The van der Waals surface area contributed by atoms with Crippen molar-refractivity contribution in [2.75, 3.05) is 6.61 Å². The van der Waals surface area contributed by atoms with Gasteiger partial charge in [0.05, 0.1) is 11.8 Å². The van der Waals surface area contributed by atoms with Gasteiger partial charge in [0, 0.05) is 25.3 Å². The predicted octanol–water partition coefficient (Wildman–Crippen LogP) is 0.627. The third-order valence-electron chi connectivity index (χ3n) is 2.04. The van der Waals surface area contributed by atoms with Gasteiger partial charge >= 0.3 is 0 Å². The molecule has 0 aromatic carbocycles. The lowest BCUT2D eigenvalue weighted by Gasteiger charge is -2.03. The summed E-state index contributed by atoms with van der Waals surface area (Å²) in [4.78, 5) is 0. The van der Waals surface area contributed by atoms with E-state index in [4.69, 9.17) is 5.11 Å². The predicted molar refractivity (Wildman–Crippen MR) is 49.3 cm³/mol. The van der Waals surface area contributed by atoms with Gasteiger partial charge in [-0.05, 0) is 19.9 Å². The molecule has 2 N–H and O–H groups in total. The maximum absolute atomic E-state index is 9.52. The fourth-order valence-corrected chi connectivity index (χ4v) is 1.29. The van der Waals surface area contributed by atoms with Crippen LogP contribution in [0.4, 0.5) is 0 Å². The smallest absolute Gasteiger partial charge is 0.1000 e. The summed E-state index contributed by atoms with van der Waals surface area (Å²) >= 11 is 0. The molecule has 0 amide bonds. The van der Waals surface area contributed by atoms with Gasteiger partial charge in [-0.3, -0.25) is 4.68 Å². The molecule has 0 fully saturated rings. The lowest BCUT2D eigenvalue weighted by Crippen LogP contribution is -2.03. The quantitative estimate of drug-likeness (QED) is 0.721. The van der Waals surface area contributed by atoms with Crippen LogP contribution in [0.15, 0.2) is 6.07 Å². The molecule has 0 saturated carbocycles. The van der Waals surface area contributed by atoms with Gasteiger partial charge in [-0.1, -0.05) is 0 Å².